The van der Waals surface area contributed by atoms with Gasteiger partial charge in [0.2, 0.25) is 0 Å². The van der Waals surface area contributed by atoms with Crippen LogP contribution in [0.3, 0.4) is 0 Å². The molecule has 44 heavy (non-hydrogen) atoms. The minimum atomic E-state index is -1.95. The molecule has 258 valence electrons. The molecule has 0 bridgehead atoms. The van der Waals surface area contributed by atoms with Crippen molar-refractivity contribution < 1.29 is 99.5 Å². The van der Waals surface area contributed by atoms with Gasteiger partial charge in [-0.3, -0.25) is 0 Å². The van der Waals surface area contributed by atoms with Crippen molar-refractivity contribution in [2.24, 2.45) is 0 Å². The largest absolute Gasteiger partial charge is 0.394 e. The standard InChI is InChI=1S/C24H42O20/c1-5-9(27)13(31)17(35)22(39-5)44-20-19(43-23-18(36)15(33)10(28)6(2-25)41-23)12(30)7(3-26)42-24(20)38-4-8-11(29)14(32)16(34)21(37)40-8/h5-37H,2-4H2,1H3/t5-,6+,7+,8+,9+,10-,11+,12-,13+,14-,15-,16-,17-,18+,19-,20+,21-,22-,23+,24+/m0/s1. The third kappa shape index (κ3) is 7.19. The van der Waals surface area contributed by atoms with Crippen LogP contribution in [0.5, 0.6) is 0 Å². The Hall–Kier alpha value is -0.800. The summed E-state index contributed by atoms with van der Waals surface area (Å²) < 4.78 is 38.8. The second kappa shape index (κ2) is 15.0. The van der Waals surface area contributed by atoms with Crippen LogP contribution in [-0.4, -0.2) is 209 Å². The summed E-state index contributed by atoms with van der Waals surface area (Å²) in [6, 6.07) is 0. The molecule has 4 fully saturated rings. The van der Waals surface area contributed by atoms with E-state index in [9.17, 15) is 66.4 Å². The smallest absolute Gasteiger partial charge is 0.187 e. The second-order valence-corrected chi connectivity index (χ2v) is 11.2. The van der Waals surface area contributed by atoms with Gasteiger partial charge in [0.05, 0.1) is 25.9 Å². The van der Waals surface area contributed by atoms with Crippen LogP contribution in [0, 0.1) is 0 Å². The number of ether oxygens (including phenoxy) is 7. The third-order valence-corrected chi connectivity index (χ3v) is 8.15. The summed E-state index contributed by atoms with van der Waals surface area (Å²) in [5.74, 6) is 0. The Morgan fingerprint density at radius 3 is 1.55 bits per heavy atom. The van der Waals surface area contributed by atoms with Crippen molar-refractivity contribution in [2.75, 3.05) is 19.8 Å². The van der Waals surface area contributed by atoms with Crippen molar-refractivity contribution in [3.8, 4) is 0 Å². The van der Waals surface area contributed by atoms with E-state index < -0.39 is 143 Å². The van der Waals surface area contributed by atoms with Crippen molar-refractivity contribution in [1.82, 2.24) is 0 Å². The zero-order valence-corrected chi connectivity index (χ0v) is 23.3. The molecule has 4 aliphatic heterocycles. The highest BCUT2D eigenvalue weighted by Crippen LogP contribution is 2.34. The van der Waals surface area contributed by atoms with Crippen LogP contribution in [0.4, 0.5) is 0 Å². The van der Waals surface area contributed by atoms with E-state index in [2.05, 4.69) is 0 Å². The summed E-state index contributed by atoms with van der Waals surface area (Å²) in [6.45, 7) is -1.02. The van der Waals surface area contributed by atoms with Crippen molar-refractivity contribution in [1.29, 1.82) is 0 Å². The second-order valence-electron chi connectivity index (χ2n) is 11.2. The Morgan fingerprint density at radius 2 is 0.932 bits per heavy atom. The van der Waals surface area contributed by atoms with E-state index >= 15 is 0 Å². The molecule has 0 aromatic heterocycles. The topological polar surface area (TPSA) is 328 Å². The summed E-state index contributed by atoms with van der Waals surface area (Å²) in [7, 11) is 0. The van der Waals surface area contributed by atoms with Gasteiger partial charge in [-0.25, -0.2) is 0 Å². The summed E-state index contributed by atoms with van der Waals surface area (Å²) >= 11 is 0. The highest BCUT2D eigenvalue weighted by Gasteiger charge is 2.55. The highest BCUT2D eigenvalue weighted by molar-refractivity contribution is 4.97. The summed E-state index contributed by atoms with van der Waals surface area (Å²) in [6.07, 6.45) is -34.4. The minimum absolute atomic E-state index is 0.695. The third-order valence-electron chi connectivity index (χ3n) is 8.15. The molecule has 4 rings (SSSR count). The fourth-order valence-corrected chi connectivity index (χ4v) is 5.35. The maximum absolute atomic E-state index is 11.1. The first kappa shape index (κ1) is 36.0. The molecule has 0 aliphatic carbocycles. The van der Waals surface area contributed by atoms with Gasteiger partial charge in [0.25, 0.3) is 0 Å². The lowest BCUT2D eigenvalue weighted by molar-refractivity contribution is -0.393. The van der Waals surface area contributed by atoms with Crippen LogP contribution in [0.2, 0.25) is 0 Å². The van der Waals surface area contributed by atoms with E-state index in [1.165, 1.54) is 6.92 Å². The Labute approximate surface area is 249 Å². The fourth-order valence-electron chi connectivity index (χ4n) is 5.35. The molecule has 0 radical (unpaired) electrons. The van der Waals surface area contributed by atoms with E-state index in [0.717, 1.165) is 0 Å². The first-order valence-corrected chi connectivity index (χ1v) is 14.0. The molecule has 20 atom stereocenters. The van der Waals surface area contributed by atoms with E-state index in [4.69, 9.17) is 33.2 Å². The molecule has 13 N–H and O–H groups in total. The lowest BCUT2D eigenvalue weighted by atomic mass is 9.96. The van der Waals surface area contributed by atoms with Gasteiger partial charge in [-0.2, -0.15) is 0 Å². The average molecular weight is 651 g/mol. The van der Waals surface area contributed by atoms with Crippen molar-refractivity contribution in [2.45, 2.75) is 130 Å². The first-order chi connectivity index (χ1) is 20.7. The summed E-state index contributed by atoms with van der Waals surface area (Å²) in [5, 5.41) is 132. The highest BCUT2D eigenvalue weighted by atomic mass is 16.8. The van der Waals surface area contributed by atoms with Crippen molar-refractivity contribution in [3.05, 3.63) is 0 Å². The molecule has 0 saturated carbocycles. The fraction of sp³-hybridized carbons (Fsp3) is 1.00. The zero-order chi connectivity index (χ0) is 32.6. The van der Waals surface area contributed by atoms with Gasteiger partial charge in [-0.1, -0.05) is 0 Å². The Kier molecular flexibility index (Phi) is 12.3. The SMILES string of the molecule is C[C@@H]1O[C@@H](O[C@H]2[C@H](OC[C@H]3O[C@H](O)[C@@H](O)[C@@H](O)[C@@H]3O)O[C@H](CO)[C@H](O)[C@@H]2O[C@H]2O[C@H](CO)[C@H](O)[C@H](O)[C@H]2O)[C@@H](O)[C@H](O)[C@@H]1O. The number of aliphatic hydroxyl groups is 13. The van der Waals surface area contributed by atoms with Gasteiger partial charge < -0.3 is 99.5 Å². The molecule has 20 nitrogen and oxygen atoms in total. The summed E-state index contributed by atoms with van der Waals surface area (Å²) in [5.41, 5.74) is 0. The van der Waals surface area contributed by atoms with E-state index in [-0.39, 0.29) is 0 Å². The van der Waals surface area contributed by atoms with Crippen LogP contribution in [-0.2, 0) is 33.2 Å². The van der Waals surface area contributed by atoms with Crippen LogP contribution in [0.25, 0.3) is 0 Å². The molecule has 4 aliphatic rings. The normalized spacial score (nSPS) is 53.9. The molecule has 4 heterocycles. The number of aliphatic hydroxyl groups excluding tert-OH is 13. The first-order valence-electron chi connectivity index (χ1n) is 14.0. The quantitative estimate of drug-likeness (QED) is 0.110. The van der Waals surface area contributed by atoms with Gasteiger partial charge in [0, 0.05) is 0 Å². The number of rotatable bonds is 9. The average Bonchev–Trinajstić information content (AvgIpc) is 3.00. The maximum atomic E-state index is 11.1. The predicted octanol–water partition coefficient (Wildman–Crippen LogP) is -8.72. The lowest BCUT2D eigenvalue weighted by Gasteiger charge is -2.49. The number of hydrogen-bond acceptors (Lipinski definition) is 20. The summed E-state index contributed by atoms with van der Waals surface area (Å²) in [4.78, 5) is 0. The van der Waals surface area contributed by atoms with Crippen LogP contribution in [0.1, 0.15) is 6.92 Å². The van der Waals surface area contributed by atoms with Gasteiger partial charge in [0.1, 0.15) is 91.6 Å². The zero-order valence-electron chi connectivity index (χ0n) is 23.3. The van der Waals surface area contributed by atoms with Crippen molar-refractivity contribution in [3.63, 3.8) is 0 Å². The van der Waals surface area contributed by atoms with Crippen LogP contribution in [0.15, 0.2) is 0 Å². The van der Waals surface area contributed by atoms with Gasteiger partial charge in [0.15, 0.2) is 25.2 Å². The van der Waals surface area contributed by atoms with Gasteiger partial charge in [-0.15, -0.1) is 0 Å². The maximum Gasteiger partial charge on any atom is 0.187 e. The Morgan fingerprint density at radius 1 is 0.455 bits per heavy atom. The van der Waals surface area contributed by atoms with Crippen LogP contribution >= 0.6 is 0 Å². The monoisotopic (exact) mass is 650 g/mol. The minimum Gasteiger partial charge on any atom is -0.394 e. The molecule has 0 spiro atoms. The van der Waals surface area contributed by atoms with E-state index in [1.54, 1.807) is 0 Å². The number of hydrogen-bond donors (Lipinski definition) is 13. The Bertz CT molecular complexity index is 900. The lowest BCUT2D eigenvalue weighted by Crippen LogP contribution is -2.67. The molecular formula is C24H42O20. The molecule has 0 aromatic carbocycles. The molecular weight excluding hydrogens is 608 g/mol. The molecule has 20 heteroatoms. The van der Waals surface area contributed by atoms with Gasteiger partial charge in [-0.05, 0) is 6.92 Å². The molecule has 0 unspecified atom stereocenters. The predicted molar refractivity (Wildman–Crippen MR) is 132 cm³/mol. The Balaban J connectivity index is 1.62. The van der Waals surface area contributed by atoms with E-state index in [1.807, 2.05) is 0 Å². The molecule has 0 amide bonds. The van der Waals surface area contributed by atoms with E-state index in [0.29, 0.717) is 0 Å². The molecule has 4 saturated heterocycles. The van der Waals surface area contributed by atoms with Crippen molar-refractivity contribution >= 4 is 0 Å². The van der Waals surface area contributed by atoms with Gasteiger partial charge >= 0.3 is 0 Å². The molecule has 0 aromatic rings. The van der Waals surface area contributed by atoms with Crippen LogP contribution < -0.4 is 0 Å².